The number of nitrogens with one attached hydrogen (secondary N) is 2. The molecule has 0 saturated carbocycles. The van der Waals surface area contributed by atoms with Gasteiger partial charge in [-0.25, -0.2) is 4.98 Å². The highest BCUT2D eigenvalue weighted by Gasteiger charge is 2.20. The predicted molar refractivity (Wildman–Crippen MR) is 76.0 cm³/mol. The third-order valence-electron chi connectivity index (χ3n) is 3.21. The van der Waals surface area contributed by atoms with Crippen LogP contribution in [0, 0.1) is 0 Å². The highest BCUT2D eigenvalue weighted by atomic mass is 32.2. The first kappa shape index (κ1) is 13.4. The van der Waals surface area contributed by atoms with Crippen molar-refractivity contribution in [3.05, 3.63) is 24.3 Å². The molecule has 1 unspecified atom stereocenters. The average molecular weight is 265 g/mol. The van der Waals surface area contributed by atoms with E-state index in [1.807, 2.05) is 38.2 Å². The van der Waals surface area contributed by atoms with Gasteiger partial charge in [0, 0.05) is 11.3 Å². The molecule has 0 aliphatic heterocycles. The van der Waals surface area contributed by atoms with E-state index in [9.17, 15) is 5.11 Å². The number of fused-ring (bicyclic) bond motifs is 1. The molecule has 1 aromatic heterocycles. The number of hydrogen-bond donors (Lipinski definition) is 3. The first-order valence-electron chi connectivity index (χ1n) is 6.04. The number of aliphatic hydroxyl groups excluding tert-OH is 1. The van der Waals surface area contributed by atoms with E-state index < -0.39 is 0 Å². The fraction of sp³-hybridized carbons (Fsp3) is 0.462. The quantitative estimate of drug-likeness (QED) is 0.699. The number of thioether (sulfide) groups is 1. The zero-order chi connectivity index (χ0) is 13.0. The van der Waals surface area contributed by atoms with Gasteiger partial charge in [-0.15, -0.1) is 0 Å². The molecule has 0 saturated heterocycles. The number of aromatic amines is 1. The van der Waals surface area contributed by atoms with Crippen LogP contribution in [0.4, 0.5) is 0 Å². The van der Waals surface area contributed by atoms with Gasteiger partial charge in [0.25, 0.3) is 0 Å². The Morgan fingerprint density at radius 2 is 2.22 bits per heavy atom. The van der Waals surface area contributed by atoms with Crippen molar-refractivity contribution >= 4 is 22.8 Å². The standard InChI is InChI=1S/C13H19N3OS/c1-13(9-17,14-2)7-8-18-12-15-10-5-3-4-6-11(10)16-12/h3-6,14,17H,7-9H2,1-2H3,(H,15,16). The van der Waals surface area contributed by atoms with Crippen LogP contribution in [0.5, 0.6) is 0 Å². The van der Waals surface area contributed by atoms with E-state index in [1.54, 1.807) is 11.8 Å². The first-order chi connectivity index (χ1) is 8.67. The van der Waals surface area contributed by atoms with Crippen molar-refractivity contribution < 1.29 is 5.11 Å². The van der Waals surface area contributed by atoms with Gasteiger partial charge in [-0.3, -0.25) is 0 Å². The van der Waals surface area contributed by atoms with Crippen LogP contribution in [0.15, 0.2) is 29.4 Å². The third-order valence-corrected chi connectivity index (χ3v) is 4.09. The van der Waals surface area contributed by atoms with Crippen LogP contribution >= 0.6 is 11.8 Å². The molecule has 2 aromatic rings. The molecule has 0 bridgehead atoms. The van der Waals surface area contributed by atoms with Crippen LogP contribution in [0.3, 0.4) is 0 Å². The summed E-state index contributed by atoms with van der Waals surface area (Å²) in [6.45, 7) is 2.16. The number of rotatable bonds is 6. The minimum Gasteiger partial charge on any atom is -0.394 e. The van der Waals surface area contributed by atoms with Gasteiger partial charge in [-0.05, 0) is 32.5 Å². The molecule has 0 radical (unpaired) electrons. The van der Waals surface area contributed by atoms with E-state index in [4.69, 9.17) is 0 Å². The fourth-order valence-electron chi connectivity index (χ4n) is 1.65. The largest absolute Gasteiger partial charge is 0.394 e. The molecule has 18 heavy (non-hydrogen) atoms. The SMILES string of the molecule is CNC(C)(CO)CCSc1nc2ccccc2[nH]1. The van der Waals surface area contributed by atoms with Crippen LogP contribution < -0.4 is 5.32 Å². The van der Waals surface area contributed by atoms with Crippen LogP contribution in [0.25, 0.3) is 11.0 Å². The second kappa shape index (κ2) is 5.73. The van der Waals surface area contributed by atoms with Crippen molar-refractivity contribution in [2.45, 2.75) is 24.0 Å². The van der Waals surface area contributed by atoms with Gasteiger partial charge in [0.1, 0.15) is 0 Å². The summed E-state index contributed by atoms with van der Waals surface area (Å²) >= 11 is 1.69. The molecule has 0 fully saturated rings. The van der Waals surface area contributed by atoms with Crippen molar-refractivity contribution in [1.29, 1.82) is 0 Å². The molecule has 5 heteroatoms. The van der Waals surface area contributed by atoms with E-state index in [-0.39, 0.29) is 12.1 Å². The van der Waals surface area contributed by atoms with E-state index in [0.717, 1.165) is 28.4 Å². The zero-order valence-corrected chi connectivity index (χ0v) is 11.5. The Kier molecular flexibility index (Phi) is 4.27. The maximum absolute atomic E-state index is 9.30. The molecule has 1 aromatic carbocycles. The third kappa shape index (κ3) is 3.04. The normalized spacial score (nSPS) is 14.8. The van der Waals surface area contributed by atoms with Gasteiger partial charge in [-0.1, -0.05) is 23.9 Å². The summed E-state index contributed by atoms with van der Waals surface area (Å²) < 4.78 is 0. The first-order valence-corrected chi connectivity index (χ1v) is 7.03. The summed E-state index contributed by atoms with van der Waals surface area (Å²) in [4.78, 5) is 7.80. The van der Waals surface area contributed by atoms with Crippen LogP contribution in [-0.2, 0) is 0 Å². The van der Waals surface area contributed by atoms with Gasteiger partial charge in [0.15, 0.2) is 5.16 Å². The molecule has 0 amide bonds. The van der Waals surface area contributed by atoms with Gasteiger partial charge >= 0.3 is 0 Å². The number of aromatic nitrogens is 2. The van der Waals surface area contributed by atoms with E-state index in [2.05, 4.69) is 15.3 Å². The van der Waals surface area contributed by atoms with E-state index in [1.165, 1.54) is 0 Å². The smallest absolute Gasteiger partial charge is 0.166 e. The lowest BCUT2D eigenvalue weighted by atomic mass is 10.0. The van der Waals surface area contributed by atoms with Gasteiger partial charge in [0.2, 0.25) is 0 Å². The van der Waals surface area contributed by atoms with Crippen molar-refractivity contribution in [3.63, 3.8) is 0 Å². The molecule has 0 aliphatic carbocycles. The number of imidazole rings is 1. The molecule has 3 N–H and O–H groups in total. The summed E-state index contributed by atoms with van der Waals surface area (Å²) in [6.07, 6.45) is 0.891. The molecule has 2 rings (SSSR count). The summed E-state index contributed by atoms with van der Waals surface area (Å²) in [5.74, 6) is 0.914. The molecule has 1 heterocycles. The number of likely N-dealkylation sites (N-methyl/N-ethyl adjacent to an activating group) is 1. The fourth-order valence-corrected chi connectivity index (χ4v) is 2.74. The second-order valence-electron chi connectivity index (χ2n) is 4.63. The Morgan fingerprint density at radius 1 is 1.44 bits per heavy atom. The maximum Gasteiger partial charge on any atom is 0.166 e. The number of nitrogens with zero attached hydrogens (tertiary/aromatic N) is 1. The Hall–Kier alpha value is -1.04. The molecular weight excluding hydrogens is 246 g/mol. The second-order valence-corrected chi connectivity index (χ2v) is 5.71. The topological polar surface area (TPSA) is 60.9 Å². The van der Waals surface area contributed by atoms with E-state index in [0.29, 0.717) is 0 Å². The summed E-state index contributed by atoms with van der Waals surface area (Å²) in [6, 6.07) is 8.01. The average Bonchev–Trinajstić information content (AvgIpc) is 2.81. The van der Waals surface area contributed by atoms with Crippen molar-refractivity contribution in [3.8, 4) is 0 Å². The molecule has 0 aliphatic rings. The maximum atomic E-state index is 9.30. The summed E-state index contributed by atoms with van der Waals surface area (Å²) in [5.41, 5.74) is 1.86. The summed E-state index contributed by atoms with van der Waals surface area (Å²) in [7, 11) is 1.88. The van der Waals surface area contributed by atoms with Crippen LogP contribution in [0.2, 0.25) is 0 Å². The summed E-state index contributed by atoms with van der Waals surface area (Å²) in [5, 5.41) is 13.4. The Morgan fingerprint density at radius 3 is 2.89 bits per heavy atom. The lowest BCUT2D eigenvalue weighted by molar-refractivity contribution is 0.179. The molecule has 98 valence electrons. The van der Waals surface area contributed by atoms with E-state index >= 15 is 0 Å². The Balaban J connectivity index is 1.94. The van der Waals surface area contributed by atoms with Crippen molar-refractivity contribution in [2.24, 2.45) is 0 Å². The minimum absolute atomic E-state index is 0.143. The Labute approximate surface area is 111 Å². The van der Waals surface area contributed by atoms with Crippen molar-refractivity contribution in [1.82, 2.24) is 15.3 Å². The monoisotopic (exact) mass is 265 g/mol. The van der Waals surface area contributed by atoms with Gasteiger partial charge < -0.3 is 15.4 Å². The number of benzene rings is 1. The van der Waals surface area contributed by atoms with Crippen molar-refractivity contribution in [2.75, 3.05) is 19.4 Å². The van der Waals surface area contributed by atoms with Gasteiger partial charge in [0.05, 0.1) is 17.6 Å². The number of hydrogen-bond acceptors (Lipinski definition) is 4. The highest BCUT2D eigenvalue weighted by molar-refractivity contribution is 7.99. The molecule has 4 nitrogen and oxygen atoms in total. The lowest BCUT2D eigenvalue weighted by Crippen LogP contribution is -2.43. The number of para-hydroxylation sites is 2. The van der Waals surface area contributed by atoms with Crippen LogP contribution in [0.1, 0.15) is 13.3 Å². The minimum atomic E-state index is -0.209. The number of aliphatic hydroxyl groups is 1. The lowest BCUT2D eigenvalue weighted by Gasteiger charge is -2.26. The number of H-pyrrole nitrogens is 1. The Bertz CT molecular complexity index is 475. The zero-order valence-electron chi connectivity index (χ0n) is 10.7. The molecule has 1 atom stereocenters. The molecular formula is C13H19N3OS. The van der Waals surface area contributed by atoms with Crippen LogP contribution in [-0.4, -0.2) is 40.0 Å². The van der Waals surface area contributed by atoms with Gasteiger partial charge in [-0.2, -0.15) is 0 Å². The predicted octanol–water partition coefficient (Wildman–Crippen LogP) is 2.02. The highest BCUT2D eigenvalue weighted by Crippen LogP contribution is 2.22. The molecule has 0 spiro atoms.